The zero-order valence-corrected chi connectivity index (χ0v) is 14.5. The van der Waals surface area contributed by atoms with Gasteiger partial charge < -0.3 is 10.6 Å². The summed E-state index contributed by atoms with van der Waals surface area (Å²) in [6.45, 7) is 3.90. The largest absolute Gasteiger partial charge is 0.376 e. The summed E-state index contributed by atoms with van der Waals surface area (Å²) in [4.78, 5) is 23.6. The van der Waals surface area contributed by atoms with Gasteiger partial charge in [0.15, 0.2) is 0 Å². The lowest BCUT2D eigenvalue weighted by atomic mass is 10.1. The molecule has 0 spiro atoms. The van der Waals surface area contributed by atoms with Gasteiger partial charge in [-0.3, -0.25) is 10.1 Å². The minimum atomic E-state index is -0.542. The fourth-order valence-corrected chi connectivity index (χ4v) is 2.29. The van der Waals surface area contributed by atoms with Crippen molar-refractivity contribution < 1.29 is 9.59 Å². The molecule has 5 nitrogen and oxygen atoms in total. The van der Waals surface area contributed by atoms with E-state index in [1.165, 1.54) is 0 Å². The molecule has 0 radical (unpaired) electrons. The van der Waals surface area contributed by atoms with E-state index >= 15 is 0 Å². The quantitative estimate of drug-likeness (QED) is 0.760. The van der Waals surface area contributed by atoms with Crippen LogP contribution < -0.4 is 16.0 Å². The van der Waals surface area contributed by atoms with E-state index in [0.717, 1.165) is 21.3 Å². The standard InChI is InChI=1S/C17H18BrN3O2/c1-11-3-8-15(12(2)9-11)20-17(23)21-16(22)10-19-14-6-4-13(18)5-7-14/h3-9,19H,10H2,1-2H3,(H2,20,21,22,23). The molecule has 0 aromatic heterocycles. The molecular weight excluding hydrogens is 358 g/mol. The molecule has 3 N–H and O–H groups in total. The van der Waals surface area contributed by atoms with Crippen molar-refractivity contribution in [2.24, 2.45) is 0 Å². The summed E-state index contributed by atoms with van der Waals surface area (Å²) in [5.41, 5.74) is 3.55. The molecule has 23 heavy (non-hydrogen) atoms. The Labute approximate surface area is 143 Å². The Morgan fingerprint density at radius 2 is 1.74 bits per heavy atom. The van der Waals surface area contributed by atoms with Crippen molar-refractivity contribution in [3.8, 4) is 0 Å². The zero-order chi connectivity index (χ0) is 16.8. The number of nitrogens with one attached hydrogen (secondary N) is 3. The number of aryl methyl sites for hydroxylation is 2. The smallest absolute Gasteiger partial charge is 0.325 e. The van der Waals surface area contributed by atoms with E-state index in [1.807, 2.05) is 56.3 Å². The van der Waals surface area contributed by atoms with Gasteiger partial charge in [-0.15, -0.1) is 0 Å². The van der Waals surface area contributed by atoms with Gasteiger partial charge in [-0.1, -0.05) is 33.6 Å². The maximum absolute atomic E-state index is 11.8. The highest BCUT2D eigenvalue weighted by atomic mass is 79.9. The number of carbonyl (C=O) groups excluding carboxylic acids is 2. The van der Waals surface area contributed by atoms with E-state index < -0.39 is 11.9 Å². The van der Waals surface area contributed by atoms with Gasteiger partial charge in [0, 0.05) is 15.8 Å². The number of hydrogen-bond donors (Lipinski definition) is 3. The molecule has 0 bridgehead atoms. The Bertz CT molecular complexity index is 714. The normalized spacial score (nSPS) is 10.0. The van der Waals surface area contributed by atoms with E-state index in [-0.39, 0.29) is 6.54 Å². The van der Waals surface area contributed by atoms with Crippen molar-refractivity contribution >= 4 is 39.2 Å². The first kappa shape index (κ1) is 17.0. The predicted molar refractivity (Wildman–Crippen MR) is 95.7 cm³/mol. The SMILES string of the molecule is Cc1ccc(NC(=O)NC(=O)CNc2ccc(Br)cc2)c(C)c1. The van der Waals surface area contributed by atoms with Crippen molar-refractivity contribution in [1.29, 1.82) is 0 Å². The summed E-state index contributed by atoms with van der Waals surface area (Å²) in [6.07, 6.45) is 0. The average Bonchev–Trinajstić information content (AvgIpc) is 2.49. The molecule has 0 saturated heterocycles. The fraction of sp³-hybridized carbons (Fsp3) is 0.176. The van der Waals surface area contributed by atoms with Crippen LogP contribution in [0.25, 0.3) is 0 Å². The second-order valence-corrected chi connectivity index (χ2v) is 6.10. The molecule has 0 atom stereocenters. The Morgan fingerprint density at radius 3 is 2.39 bits per heavy atom. The average molecular weight is 376 g/mol. The van der Waals surface area contributed by atoms with Crippen LogP contribution in [0.15, 0.2) is 46.9 Å². The third kappa shape index (κ3) is 5.41. The van der Waals surface area contributed by atoms with Crippen LogP contribution in [0.5, 0.6) is 0 Å². The highest BCUT2D eigenvalue weighted by Gasteiger charge is 2.09. The van der Waals surface area contributed by atoms with Crippen molar-refractivity contribution in [1.82, 2.24) is 5.32 Å². The topological polar surface area (TPSA) is 70.2 Å². The van der Waals surface area contributed by atoms with Crippen LogP contribution in [0.4, 0.5) is 16.2 Å². The van der Waals surface area contributed by atoms with Gasteiger partial charge >= 0.3 is 6.03 Å². The molecule has 0 aliphatic heterocycles. The number of hydrogen-bond acceptors (Lipinski definition) is 3. The summed E-state index contributed by atoms with van der Waals surface area (Å²) in [6, 6.07) is 12.6. The van der Waals surface area contributed by atoms with E-state index in [4.69, 9.17) is 0 Å². The van der Waals surface area contributed by atoms with Gasteiger partial charge in [0.05, 0.1) is 6.54 Å². The number of benzene rings is 2. The molecule has 0 heterocycles. The molecule has 3 amide bonds. The third-order valence-corrected chi connectivity index (χ3v) is 3.71. The fourth-order valence-electron chi connectivity index (χ4n) is 2.03. The lowest BCUT2D eigenvalue weighted by Gasteiger charge is -2.10. The zero-order valence-electron chi connectivity index (χ0n) is 12.9. The van der Waals surface area contributed by atoms with Crippen LogP contribution >= 0.6 is 15.9 Å². The second-order valence-electron chi connectivity index (χ2n) is 5.18. The molecular formula is C17H18BrN3O2. The molecule has 0 saturated carbocycles. The molecule has 0 aliphatic rings. The Hall–Kier alpha value is -2.34. The predicted octanol–water partition coefficient (Wildman–Crippen LogP) is 3.83. The number of amides is 3. The van der Waals surface area contributed by atoms with Gasteiger partial charge in [-0.25, -0.2) is 4.79 Å². The van der Waals surface area contributed by atoms with Crippen molar-refractivity contribution in [2.45, 2.75) is 13.8 Å². The van der Waals surface area contributed by atoms with Crippen LogP contribution in [-0.4, -0.2) is 18.5 Å². The molecule has 120 valence electrons. The molecule has 0 fully saturated rings. The van der Waals surface area contributed by atoms with Crippen LogP contribution in [0.2, 0.25) is 0 Å². The van der Waals surface area contributed by atoms with Crippen molar-refractivity contribution in [2.75, 3.05) is 17.2 Å². The summed E-state index contributed by atoms with van der Waals surface area (Å²) in [5, 5.41) is 7.91. The molecule has 0 aliphatic carbocycles. The Balaban J connectivity index is 1.82. The molecule has 0 unspecified atom stereocenters. The Kier molecular flexibility index (Phi) is 5.76. The maximum atomic E-state index is 11.8. The van der Waals surface area contributed by atoms with Crippen LogP contribution in [-0.2, 0) is 4.79 Å². The molecule has 2 aromatic rings. The van der Waals surface area contributed by atoms with E-state index in [9.17, 15) is 9.59 Å². The summed E-state index contributed by atoms with van der Waals surface area (Å²) in [5.74, 6) is -0.407. The van der Waals surface area contributed by atoms with Gasteiger partial charge in [0.2, 0.25) is 5.91 Å². The van der Waals surface area contributed by atoms with Gasteiger partial charge in [-0.05, 0) is 49.7 Å². The minimum absolute atomic E-state index is 0.0158. The summed E-state index contributed by atoms with van der Waals surface area (Å²) < 4.78 is 0.959. The Morgan fingerprint density at radius 1 is 1.04 bits per heavy atom. The monoisotopic (exact) mass is 375 g/mol. The van der Waals surface area contributed by atoms with Gasteiger partial charge in [-0.2, -0.15) is 0 Å². The number of rotatable bonds is 4. The number of urea groups is 1. The molecule has 6 heteroatoms. The van der Waals surface area contributed by atoms with E-state index in [2.05, 4.69) is 31.9 Å². The second kappa shape index (κ2) is 7.78. The minimum Gasteiger partial charge on any atom is -0.376 e. The first-order valence-electron chi connectivity index (χ1n) is 7.11. The van der Waals surface area contributed by atoms with E-state index in [1.54, 1.807) is 0 Å². The van der Waals surface area contributed by atoms with Gasteiger partial charge in [0.1, 0.15) is 0 Å². The number of anilines is 2. The highest BCUT2D eigenvalue weighted by Crippen LogP contribution is 2.16. The first-order chi connectivity index (χ1) is 10.9. The maximum Gasteiger partial charge on any atom is 0.325 e. The van der Waals surface area contributed by atoms with Crippen LogP contribution in [0.3, 0.4) is 0 Å². The van der Waals surface area contributed by atoms with E-state index in [0.29, 0.717) is 5.69 Å². The number of halogens is 1. The van der Waals surface area contributed by atoms with Crippen LogP contribution in [0, 0.1) is 13.8 Å². The lowest BCUT2D eigenvalue weighted by Crippen LogP contribution is -2.38. The number of imide groups is 1. The molecule has 2 aromatic carbocycles. The first-order valence-corrected chi connectivity index (χ1v) is 7.91. The third-order valence-electron chi connectivity index (χ3n) is 3.18. The lowest BCUT2D eigenvalue weighted by molar-refractivity contribution is -0.118. The van der Waals surface area contributed by atoms with Crippen LogP contribution in [0.1, 0.15) is 11.1 Å². The number of carbonyl (C=O) groups is 2. The van der Waals surface area contributed by atoms with Crippen molar-refractivity contribution in [3.05, 3.63) is 58.1 Å². The highest BCUT2D eigenvalue weighted by molar-refractivity contribution is 9.10. The van der Waals surface area contributed by atoms with Crippen molar-refractivity contribution in [3.63, 3.8) is 0 Å². The van der Waals surface area contributed by atoms with Gasteiger partial charge in [0.25, 0.3) is 0 Å². The molecule has 2 rings (SSSR count). The summed E-state index contributed by atoms with van der Waals surface area (Å²) >= 11 is 3.34. The summed E-state index contributed by atoms with van der Waals surface area (Å²) in [7, 11) is 0.